The van der Waals surface area contributed by atoms with E-state index in [9.17, 15) is 4.79 Å². The van der Waals surface area contributed by atoms with Gasteiger partial charge in [0.1, 0.15) is 0 Å². The maximum atomic E-state index is 12.4. The molecule has 4 heteroatoms. The van der Waals surface area contributed by atoms with E-state index in [1.165, 1.54) is 5.56 Å². The zero-order valence-electron chi connectivity index (χ0n) is 11.1. The summed E-state index contributed by atoms with van der Waals surface area (Å²) in [5.41, 5.74) is 1.89. The molecule has 1 unspecified atom stereocenters. The van der Waals surface area contributed by atoms with Gasteiger partial charge in [0.2, 0.25) is 0 Å². The largest absolute Gasteiger partial charge is 0.383 e. The van der Waals surface area contributed by atoms with Crippen molar-refractivity contribution in [2.75, 3.05) is 20.3 Å². The van der Waals surface area contributed by atoms with Crippen LogP contribution >= 0.6 is 15.9 Å². The van der Waals surface area contributed by atoms with Gasteiger partial charge < -0.3 is 9.64 Å². The van der Waals surface area contributed by atoms with E-state index in [2.05, 4.69) is 15.9 Å². The summed E-state index contributed by atoms with van der Waals surface area (Å²) in [5, 5.41) is 0.805. The number of hydrogen-bond donors (Lipinski definition) is 0. The molecule has 18 heavy (non-hydrogen) atoms. The lowest BCUT2D eigenvalue weighted by molar-refractivity contribution is 0.0579. The third kappa shape index (κ3) is 3.82. The standard InChI is InChI=1S/C14H20BrNO2/c1-4-16(11(2)10-18-3)14(17)13-7-5-12(9-15)6-8-13/h5-8,11H,4,9-10H2,1-3H3. The van der Waals surface area contributed by atoms with Gasteiger partial charge in [-0.05, 0) is 31.5 Å². The molecule has 0 bridgehead atoms. The molecule has 0 saturated heterocycles. The molecule has 0 aromatic heterocycles. The summed E-state index contributed by atoms with van der Waals surface area (Å²) >= 11 is 3.39. The van der Waals surface area contributed by atoms with Crippen molar-refractivity contribution in [1.29, 1.82) is 0 Å². The number of rotatable bonds is 6. The molecule has 0 spiro atoms. The molecule has 0 heterocycles. The zero-order chi connectivity index (χ0) is 13.5. The van der Waals surface area contributed by atoms with Gasteiger partial charge in [-0.1, -0.05) is 28.1 Å². The summed E-state index contributed by atoms with van der Waals surface area (Å²) in [5.74, 6) is 0.0585. The number of methoxy groups -OCH3 is 1. The van der Waals surface area contributed by atoms with Crippen LogP contribution in [0.2, 0.25) is 0 Å². The van der Waals surface area contributed by atoms with Gasteiger partial charge in [0.25, 0.3) is 5.91 Å². The Morgan fingerprint density at radius 1 is 1.39 bits per heavy atom. The second-order valence-corrected chi connectivity index (χ2v) is 4.79. The first kappa shape index (κ1) is 15.2. The first-order valence-electron chi connectivity index (χ1n) is 6.08. The lowest BCUT2D eigenvalue weighted by Crippen LogP contribution is -2.40. The van der Waals surface area contributed by atoms with Crippen LogP contribution in [0.25, 0.3) is 0 Å². The van der Waals surface area contributed by atoms with Crippen molar-refractivity contribution >= 4 is 21.8 Å². The van der Waals surface area contributed by atoms with Crippen molar-refractivity contribution < 1.29 is 9.53 Å². The number of amides is 1. The second-order valence-electron chi connectivity index (χ2n) is 4.23. The predicted molar refractivity (Wildman–Crippen MR) is 77.1 cm³/mol. The Hall–Kier alpha value is -0.870. The minimum absolute atomic E-state index is 0.0585. The fraction of sp³-hybridized carbons (Fsp3) is 0.500. The quantitative estimate of drug-likeness (QED) is 0.755. The third-order valence-electron chi connectivity index (χ3n) is 2.90. The molecule has 0 saturated carbocycles. The van der Waals surface area contributed by atoms with Gasteiger partial charge in [-0.3, -0.25) is 4.79 Å². The van der Waals surface area contributed by atoms with Crippen LogP contribution in [0.4, 0.5) is 0 Å². The zero-order valence-corrected chi connectivity index (χ0v) is 12.7. The molecule has 1 atom stereocenters. The van der Waals surface area contributed by atoms with Gasteiger partial charge in [0.15, 0.2) is 0 Å². The lowest BCUT2D eigenvalue weighted by atomic mass is 10.1. The number of ether oxygens (including phenoxy) is 1. The monoisotopic (exact) mass is 313 g/mol. The van der Waals surface area contributed by atoms with Crippen molar-refractivity contribution in [1.82, 2.24) is 4.90 Å². The minimum atomic E-state index is 0.0585. The summed E-state index contributed by atoms with van der Waals surface area (Å²) in [6.07, 6.45) is 0. The van der Waals surface area contributed by atoms with Crippen LogP contribution in [0.1, 0.15) is 29.8 Å². The smallest absolute Gasteiger partial charge is 0.254 e. The van der Waals surface area contributed by atoms with Crippen molar-refractivity contribution in [2.24, 2.45) is 0 Å². The molecule has 0 aliphatic carbocycles. The number of hydrogen-bond acceptors (Lipinski definition) is 2. The second kappa shape index (κ2) is 7.54. The highest BCUT2D eigenvalue weighted by Gasteiger charge is 2.19. The van der Waals surface area contributed by atoms with Crippen LogP contribution in [-0.2, 0) is 10.1 Å². The van der Waals surface area contributed by atoms with Gasteiger partial charge in [-0.15, -0.1) is 0 Å². The Morgan fingerprint density at radius 2 is 2.00 bits per heavy atom. The Morgan fingerprint density at radius 3 is 2.44 bits per heavy atom. The highest BCUT2D eigenvalue weighted by atomic mass is 79.9. The Labute approximate surface area is 117 Å². The van der Waals surface area contributed by atoms with E-state index in [0.717, 1.165) is 10.9 Å². The van der Waals surface area contributed by atoms with Crippen LogP contribution in [0, 0.1) is 0 Å². The summed E-state index contributed by atoms with van der Waals surface area (Å²) in [6, 6.07) is 7.78. The number of likely N-dealkylation sites (N-methyl/N-ethyl adjacent to an activating group) is 1. The lowest BCUT2D eigenvalue weighted by Gasteiger charge is -2.27. The van der Waals surface area contributed by atoms with Crippen LogP contribution in [-0.4, -0.2) is 37.1 Å². The molecule has 1 rings (SSSR count). The van der Waals surface area contributed by atoms with E-state index in [1.54, 1.807) is 7.11 Å². The molecule has 1 aromatic carbocycles. The van der Waals surface area contributed by atoms with Crippen LogP contribution in [0.3, 0.4) is 0 Å². The van der Waals surface area contributed by atoms with Gasteiger partial charge in [-0.2, -0.15) is 0 Å². The third-order valence-corrected chi connectivity index (χ3v) is 3.54. The van der Waals surface area contributed by atoms with E-state index in [4.69, 9.17) is 4.74 Å². The number of carbonyl (C=O) groups is 1. The molecule has 0 aliphatic heterocycles. The highest BCUT2D eigenvalue weighted by molar-refractivity contribution is 9.08. The molecule has 0 aliphatic rings. The summed E-state index contributed by atoms with van der Waals surface area (Å²) in [4.78, 5) is 14.2. The topological polar surface area (TPSA) is 29.5 Å². The summed E-state index contributed by atoms with van der Waals surface area (Å²) < 4.78 is 5.11. The van der Waals surface area contributed by atoms with Crippen molar-refractivity contribution in [3.05, 3.63) is 35.4 Å². The van der Waals surface area contributed by atoms with Crippen molar-refractivity contribution in [3.63, 3.8) is 0 Å². The minimum Gasteiger partial charge on any atom is -0.383 e. The number of benzene rings is 1. The Kier molecular flexibility index (Phi) is 6.36. The molecular formula is C14H20BrNO2. The van der Waals surface area contributed by atoms with Gasteiger partial charge in [0.05, 0.1) is 12.6 Å². The molecule has 0 radical (unpaired) electrons. The molecule has 0 fully saturated rings. The first-order chi connectivity index (χ1) is 8.63. The predicted octanol–water partition coefficient (Wildman–Crippen LogP) is 3.08. The molecule has 3 nitrogen and oxygen atoms in total. The molecule has 0 N–H and O–H groups in total. The molecule has 1 amide bonds. The summed E-state index contributed by atoms with van der Waals surface area (Å²) in [6.45, 7) is 5.22. The highest BCUT2D eigenvalue weighted by Crippen LogP contribution is 2.12. The number of alkyl halides is 1. The van der Waals surface area contributed by atoms with Crippen LogP contribution in [0.5, 0.6) is 0 Å². The number of carbonyl (C=O) groups excluding carboxylic acids is 1. The van der Waals surface area contributed by atoms with Crippen molar-refractivity contribution in [2.45, 2.75) is 25.2 Å². The van der Waals surface area contributed by atoms with Crippen LogP contribution in [0.15, 0.2) is 24.3 Å². The molecular weight excluding hydrogens is 294 g/mol. The average molecular weight is 314 g/mol. The van der Waals surface area contributed by atoms with E-state index in [1.807, 2.05) is 43.0 Å². The van der Waals surface area contributed by atoms with Gasteiger partial charge >= 0.3 is 0 Å². The van der Waals surface area contributed by atoms with Crippen LogP contribution < -0.4 is 0 Å². The van der Waals surface area contributed by atoms with Gasteiger partial charge in [0, 0.05) is 24.5 Å². The Balaban J connectivity index is 2.82. The van der Waals surface area contributed by atoms with E-state index in [0.29, 0.717) is 13.2 Å². The van der Waals surface area contributed by atoms with E-state index >= 15 is 0 Å². The average Bonchev–Trinajstić information content (AvgIpc) is 2.40. The maximum Gasteiger partial charge on any atom is 0.254 e. The SMILES string of the molecule is CCN(C(=O)c1ccc(CBr)cc1)C(C)COC. The van der Waals surface area contributed by atoms with E-state index < -0.39 is 0 Å². The van der Waals surface area contributed by atoms with Crippen molar-refractivity contribution in [3.8, 4) is 0 Å². The van der Waals surface area contributed by atoms with Gasteiger partial charge in [-0.25, -0.2) is 0 Å². The first-order valence-corrected chi connectivity index (χ1v) is 7.21. The normalized spacial score (nSPS) is 12.2. The number of nitrogens with zero attached hydrogens (tertiary/aromatic N) is 1. The fourth-order valence-electron chi connectivity index (χ4n) is 1.89. The molecule has 1 aromatic rings. The Bertz CT molecular complexity index is 378. The maximum absolute atomic E-state index is 12.4. The van der Waals surface area contributed by atoms with E-state index in [-0.39, 0.29) is 11.9 Å². The summed E-state index contributed by atoms with van der Waals surface area (Å²) in [7, 11) is 1.65. The molecule has 100 valence electrons. The fourth-order valence-corrected chi connectivity index (χ4v) is 2.26. The number of halogens is 1.